The van der Waals surface area contributed by atoms with Crippen molar-refractivity contribution in [1.29, 1.82) is 10.5 Å². The molecule has 2 aromatic rings. The maximum atomic E-state index is 8.86. The molecule has 0 heterocycles. The third kappa shape index (κ3) is 2.46. The van der Waals surface area contributed by atoms with Crippen molar-refractivity contribution >= 4 is 22.6 Å². The summed E-state index contributed by atoms with van der Waals surface area (Å²) in [5.74, 6) is 0. The van der Waals surface area contributed by atoms with Gasteiger partial charge in [0.05, 0.1) is 17.2 Å². The van der Waals surface area contributed by atoms with Gasteiger partial charge in [0.1, 0.15) is 6.07 Å². The molecule has 0 N–H and O–H groups in total. The number of benzene rings is 2. The number of nitrogens with zero attached hydrogens (tertiary/aromatic N) is 2. The second-order valence-electron chi connectivity index (χ2n) is 3.50. The Morgan fingerprint density at radius 2 is 1.47 bits per heavy atom. The van der Waals surface area contributed by atoms with Crippen LogP contribution in [0, 0.1) is 26.2 Å². The zero-order valence-electron chi connectivity index (χ0n) is 8.81. The molecule has 17 heavy (non-hydrogen) atoms. The summed E-state index contributed by atoms with van der Waals surface area (Å²) in [5.41, 5.74) is 3.43. The molecule has 0 amide bonds. The quantitative estimate of drug-likeness (QED) is 0.749. The molecule has 2 aromatic carbocycles. The molecule has 0 atom stereocenters. The highest BCUT2D eigenvalue weighted by Gasteiger charge is 2.02. The maximum absolute atomic E-state index is 8.86. The van der Waals surface area contributed by atoms with Crippen molar-refractivity contribution in [2.75, 3.05) is 0 Å². The number of hydrogen-bond acceptors (Lipinski definition) is 2. The van der Waals surface area contributed by atoms with Crippen molar-refractivity contribution < 1.29 is 0 Å². The van der Waals surface area contributed by atoms with Gasteiger partial charge in [-0.15, -0.1) is 0 Å². The van der Waals surface area contributed by atoms with Crippen LogP contribution in [0.4, 0.5) is 0 Å². The normalized spacial score (nSPS) is 9.35. The molecule has 0 saturated heterocycles. The average Bonchev–Trinajstić information content (AvgIpc) is 2.39. The van der Waals surface area contributed by atoms with E-state index in [9.17, 15) is 0 Å². The predicted octanol–water partition coefficient (Wildman–Crippen LogP) is 3.70. The smallest absolute Gasteiger partial charge is 0.100 e. The molecule has 2 nitrogen and oxygen atoms in total. The van der Waals surface area contributed by atoms with Crippen molar-refractivity contribution in [1.82, 2.24) is 0 Å². The van der Waals surface area contributed by atoms with Gasteiger partial charge in [0.15, 0.2) is 0 Å². The standard InChI is InChI=1S/C14H7IN2/c15-14-7-12(5-6-13(14)9-17)11-3-1-10(8-16)2-4-11/h1-7H. The van der Waals surface area contributed by atoms with Gasteiger partial charge in [-0.2, -0.15) is 10.5 Å². The minimum atomic E-state index is 0.650. The van der Waals surface area contributed by atoms with Crippen LogP contribution in [0.2, 0.25) is 0 Å². The van der Waals surface area contributed by atoms with Crippen LogP contribution < -0.4 is 0 Å². The minimum absolute atomic E-state index is 0.650. The van der Waals surface area contributed by atoms with Crippen LogP contribution in [0.25, 0.3) is 11.1 Å². The van der Waals surface area contributed by atoms with Crippen molar-refractivity contribution in [2.45, 2.75) is 0 Å². The zero-order chi connectivity index (χ0) is 12.3. The van der Waals surface area contributed by atoms with E-state index in [2.05, 4.69) is 34.7 Å². The van der Waals surface area contributed by atoms with Crippen LogP contribution in [-0.2, 0) is 0 Å². The topological polar surface area (TPSA) is 47.6 Å². The van der Waals surface area contributed by atoms with Gasteiger partial charge in [0, 0.05) is 3.57 Å². The van der Waals surface area contributed by atoms with E-state index in [-0.39, 0.29) is 0 Å². The molecule has 2 rings (SSSR count). The van der Waals surface area contributed by atoms with Gasteiger partial charge in [-0.25, -0.2) is 0 Å². The summed E-state index contributed by atoms with van der Waals surface area (Å²) >= 11 is 2.15. The Hall–Kier alpha value is -1.85. The first kappa shape index (κ1) is 11.6. The van der Waals surface area contributed by atoms with E-state index in [4.69, 9.17) is 10.5 Å². The molecular weight excluding hydrogens is 323 g/mol. The van der Waals surface area contributed by atoms with Gasteiger partial charge < -0.3 is 0 Å². The molecule has 0 spiro atoms. The fourth-order valence-corrected chi connectivity index (χ4v) is 2.16. The molecule has 3 heteroatoms. The van der Waals surface area contributed by atoms with Crippen LogP contribution in [0.5, 0.6) is 0 Å². The maximum Gasteiger partial charge on any atom is 0.100 e. The summed E-state index contributed by atoms with van der Waals surface area (Å²) in [4.78, 5) is 0. The third-order valence-corrected chi connectivity index (χ3v) is 3.33. The third-order valence-electron chi connectivity index (χ3n) is 2.44. The Morgan fingerprint density at radius 3 is 2.00 bits per heavy atom. The van der Waals surface area contributed by atoms with Crippen molar-refractivity contribution in [3.63, 3.8) is 0 Å². The molecule has 0 radical (unpaired) electrons. The Morgan fingerprint density at radius 1 is 0.824 bits per heavy atom. The minimum Gasteiger partial charge on any atom is -0.192 e. The van der Waals surface area contributed by atoms with Crippen LogP contribution in [0.1, 0.15) is 11.1 Å². The Bertz CT molecular complexity index is 631. The summed E-state index contributed by atoms with van der Waals surface area (Å²) < 4.78 is 0.937. The van der Waals surface area contributed by atoms with Crippen LogP contribution in [0.3, 0.4) is 0 Å². The summed E-state index contributed by atoms with van der Waals surface area (Å²) in [6.45, 7) is 0. The van der Waals surface area contributed by atoms with Crippen molar-refractivity contribution in [3.05, 3.63) is 57.2 Å². The first-order valence-electron chi connectivity index (χ1n) is 4.95. The van der Waals surface area contributed by atoms with Crippen molar-refractivity contribution in [3.8, 4) is 23.3 Å². The van der Waals surface area contributed by atoms with Gasteiger partial charge in [0.25, 0.3) is 0 Å². The van der Waals surface area contributed by atoms with Gasteiger partial charge >= 0.3 is 0 Å². The van der Waals surface area contributed by atoms with Gasteiger partial charge in [-0.05, 0) is 58.0 Å². The number of hydrogen-bond donors (Lipinski definition) is 0. The lowest BCUT2D eigenvalue weighted by molar-refractivity contribution is 1.46. The average molecular weight is 330 g/mol. The lowest BCUT2D eigenvalue weighted by atomic mass is 10.0. The predicted molar refractivity (Wildman–Crippen MR) is 74.0 cm³/mol. The highest BCUT2D eigenvalue weighted by molar-refractivity contribution is 14.1. The van der Waals surface area contributed by atoms with E-state index in [1.807, 2.05) is 30.3 Å². The summed E-state index contributed by atoms with van der Waals surface area (Å²) in [5, 5.41) is 17.6. The highest BCUT2D eigenvalue weighted by Crippen LogP contribution is 2.23. The van der Waals surface area contributed by atoms with Crippen LogP contribution in [0.15, 0.2) is 42.5 Å². The van der Waals surface area contributed by atoms with E-state index in [1.165, 1.54) is 0 Å². The summed E-state index contributed by atoms with van der Waals surface area (Å²) in [7, 11) is 0. The van der Waals surface area contributed by atoms with E-state index >= 15 is 0 Å². The summed E-state index contributed by atoms with van der Waals surface area (Å²) in [6, 6.07) is 17.3. The monoisotopic (exact) mass is 330 g/mol. The largest absolute Gasteiger partial charge is 0.192 e. The molecule has 0 unspecified atom stereocenters. The fourth-order valence-electron chi connectivity index (χ4n) is 1.52. The summed E-state index contributed by atoms with van der Waals surface area (Å²) in [6.07, 6.45) is 0. The highest BCUT2D eigenvalue weighted by atomic mass is 127. The first-order chi connectivity index (χ1) is 8.24. The van der Waals surface area contributed by atoms with E-state index in [1.54, 1.807) is 12.1 Å². The van der Waals surface area contributed by atoms with Gasteiger partial charge in [-0.1, -0.05) is 18.2 Å². The lowest BCUT2D eigenvalue weighted by Crippen LogP contribution is -1.84. The first-order valence-corrected chi connectivity index (χ1v) is 6.02. The van der Waals surface area contributed by atoms with E-state index < -0.39 is 0 Å². The van der Waals surface area contributed by atoms with Crippen LogP contribution >= 0.6 is 22.6 Å². The Balaban J connectivity index is 2.44. The van der Waals surface area contributed by atoms with E-state index in [0.29, 0.717) is 11.1 Å². The lowest BCUT2D eigenvalue weighted by Gasteiger charge is -2.03. The van der Waals surface area contributed by atoms with Crippen molar-refractivity contribution in [2.24, 2.45) is 0 Å². The molecule has 80 valence electrons. The second kappa shape index (κ2) is 4.99. The van der Waals surface area contributed by atoms with Gasteiger partial charge in [0.2, 0.25) is 0 Å². The Labute approximate surface area is 113 Å². The molecule has 0 saturated carbocycles. The molecule has 0 aliphatic rings. The fraction of sp³-hybridized carbons (Fsp3) is 0. The zero-order valence-corrected chi connectivity index (χ0v) is 11.0. The molecular formula is C14H7IN2. The Kier molecular flexibility index (Phi) is 3.41. The SMILES string of the molecule is N#Cc1ccc(-c2ccc(C#N)c(I)c2)cc1. The van der Waals surface area contributed by atoms with Gasteiger partial charge in [-0.3, -0.25) is 0 Å². The molecule has 0 fully saturated rings. The molecule has 0 aliphatic carbocycles. The number of rotatable bonds is 1. The molecule has 0 aliphatic heterocycles. The van der Waals surface area contributed by atoms with E-state index in [0.717, 1.165) is 14.7 Å². The number of halogens is 1. The molecule has 0 bridgehead atoms. The number of nitriles is 2. The molecule has 0 aromatic heterocycles. The van der Waals surface area contributed by atoms with Crippen LogP contribution in [-0.4, -0.2) is 0 Å². The second-order valence-corrected chi connectivity index (χ2v) is 4.66.